The van der Waals surface area contributed by atoms with Crippen LogP contribution in [0.25, 0.3) is 33.3 Å². The van der Waals surface area contributed by atoms with Crippen molar-refractivity contribution in [3.8, 4) is 22.4 Å². The number of nitrogens with zero attached hydrogens (tertiary/aromatic N) is 1. The van der Waals surface area contributed by atoms with Gasteiger partial charge in [0.25, 0.3) is 0 Å². The molecule has 1 nitrogen and oxygen atoms in total. The van der Waals surface area contributed by atoms with Crippen molar-refractivity contribution in [2.75, 3.05) is 0 Å². The molecule has 2 heteroatoms. The Kier molecular flexibility index (Phi) is 4.68. The zero-order valence-corrected chi connectivity index (χ0v) is 18.4. The second-order valence-electron chi connectivity index (χ2n) is 8.75. The highest BCUT2D eigenvalue weighted by Crippen LogP contribution is 2.31. The van der Waals surface area contributed by atoms with Crippen molar-refractivity contribution in [3.05, 3.63) is 83.9 Å². The summed E-state index contributed by atoms with van der Waals surface area (Å²) < 4.78 is 0. The lowest BCUT2D eigenvalue weighted by atomic mass is 9.99. The fourth-order valence-electron chi connectivity index (χ4n) is 4.01. The van der Waals surface area contributed by atoms with E-state index in [2.05, 4.69) is 106 Å². The smallest absolute Gasteiger partial charge is 0.0786 e. The first-order chi connectivity index (χ1) is 13.3. The summed E-state index contributed by atoms with van der Waals surface area (Å²) in [6, 6.07) is 26.3. The molecule has 0 amide bonds. The molecule has 0 unspecified atom stereocenters. The highest BCUT2D eigenvalue weighted by molar-refractivity contribution is 6.90. The Hall–Kier alpha value is -2.71. The van der Waals surface area contributed by atoms with Crippen LogP contribution in [0, 0.1) is 13.8 Å². The molecule has 28 heavy (non-hydrogen) atoms. The van der Waals surface area contributed by atoms with Gasteiger partial charge in [-0.05, 0) is 54.4 Å². The van der Waals surface area contributed by atoms with Gasteiger partial charge >= 0.3 is 0 Å². The summed E-state index contributed by atoms with van der Waals surface area (Å²) in [5.74, 6) is 0. The fraction of sp³-hybridized carbons (Fsp3) is 0.192. The van der Waals surface area contributed by atoms with Gasteiger partial charge in [0, 0.05) is 10.9 Å². The van der Waals surface area contributed by atoms with Crippen molar-refractivity contribution in [1.82, 2.24) is 4.98 Å². The van der Waals surface area contributed by atoms with E-state index in [1.165, 1.54) is 38.4 Å². The number of hydrogen-bond donors (Lipinski definition) is 0. The van der Waals surface area contributed by atoms with E-state index in [1.54, 1.807) is 0 Å². The number of aromatic nitrogens is 1. The Morgan fingerprint density at radius 1 is 0.679 bits per heavy atom. The molecule has 0 bridgehead atoms. The second kappa shape index (κ2) is 7.03. The van der Waals surface area contributed by atoms with Gasteiger partial charge in [-0.3, -0.25) is 0 Å². The maximum Gasteiger partial charge on any atom is 0.0786 e. The lowest BCUT2D eigenvalue weighted by Crippen LogP contribution is -2.38. The molecule has 0 spiro atoms. The summed E-state index contributed by atoms with van der Waals surface area (Å²) in [4.78, 5) is 5.11. The number of aryl methyl sites for hydroxylation is 2. The van der Waals surface area contributed by atoms with Crippen LogP contribution in [0.15, 0.2) is 72.8 Å². The van der Waals surface area contributed by atoms with E-state index in [0.717, 1.165) is 11.2 Å². The van der Waals surface area contributed by atoms with Crippen molar-refractivity contribution >= 4 is 24.2 Å². The maximum atomic E-state index is 5.11. The summed E-state index contributed by atoms with van der Waals surface area (Å²) in [5.41, 5.74) is 8.50. The highest BCUT2D eigenvalue weighted by Gasteiger charge is 2.23. The Labute approximate surface area is 169 Å². The third-order valence-electron chi connectivity index (χ3n) is 5.24. The van der Waals surface area contributed by atoms with E-state index in [1.807, 2.05) is 0 Å². The standard InChI is InChI=1S/C26H27NSi/c1-18-14-19(2)16-21(15-18)24-17-25(28(3,4)5)26-22(12-9-13-23(26)27-24)20-10-7-6-8-11-20/h6-17H,1-5H3. The average molecular weight is 382 g/mol. The SMILES string of the molecule is Cc1cc(C)cc(-c2cc([Si](C)(C)C)c3c(-c4ccccc4)cccc3n2)c1. The molecule has 0 saturated carbocycles. The van der Waals surface area contributed by atoms with E-state index in [9.17, 15) is 0 Å². The molecular formula is C26H27NSi. The molecule has 3 aromatic carbocycles. The molecule has 140 valence electrons. The minimum atomic E-state index is -1.59. The normalized spacial score (nSPS) is 11.8. The van der Waals surface area contributed by atoms with Gasteiger partial charge in [-0.2, -0.15) is 0 Å². The average Bonchev–Trinajstić information content (AvgIpc) is 2.66. The summed E-state index contributed by atoms with van der Waals surface area (Å²) in [5, 5.41) is 2.80. The topological polar surface area (TPSA) is 12.9 Å². The summed E-state index contributed by atoms with van der Waals surface area (Å²) >= 11 is 0. The molecule has 0 aliphatic rings. The molecule has 0 aliphatic carbocycles. The number of hydrogen-bond acceptors (Lipinski definition) is 1. The van der Waals surface area contributed by atoms with Gasteiger partial charge in [-0.1, -0.05) is 79.3 Å². The van der Waals surface area contributed by atoms with Gasteiger partial charge in [0.2, 0.25) is 0 Å². The number of pyridine rings is 1. The van der Waals surface area contributed by atoms with Crippen molar-refractivity contribution < 1.29 is 0 Å². The Morgan fingerprint density at radius 2 is 1.36 bits per heavy atom. The minimum Gasteiger partial charge on any atom is -0.248 e. The summed E-state index contributed by atoms with van der Waals surface area (Å²) in [7, 11) is -1.59. The Morgan fingerprint density at radius 3 is 2.00 bits per heavy atom. The Balaban J connectivity index is 2.05. The third-order valence-corrected chi connectivity index (χ3v) is 7.25. The molecule has 4 rings (SSSR count). The highest BCUT2D eigenvalue weighted by atomic mass is 28.3. The third kappa shape index (κ3) is 3.52. The largest absolute Gasteiger partial charge is 0.248 e. The molecule has 0 saturated heterocycles. The van der Waals surface area contributed by atoms with E-state index >= 15 is 0 Å². The zero-order valence-electron chi connectivity index (χ0n) is 17.4. The first-order valence-electron chi connectivity index (χ1n) is 9.91. The molecular weight excluding hydrogens is 354 g/mol. The fourth-order valence-corrected chi connectivity index (χ4v) is 5.59. The Bertz CT molecular complexity index is 1130. The van der Waals surface area contributed by atoms with Crippen molar-refractivity contribution in [3.63, 3.8) is 0 Å². The van der Waals surface area contributed by atoms with Gasteiger partial charge < -0.3 is 0 Å². The molecule has 0 radical (unpaired) electrons. The van der Waals surface area contributed by atoms with E-state index in [4.69, 9.17) is 4.98 Å². The lowest BCUT2D eigenvalue weighted by molar-refractivity contribution is 1.35. The summed E-state index contributed by atoms with van der Waals surface area (Å²) in [6.45, 7) is 11.6. The van der Waals surface area contributed by atoms with Gasteiger partial charge in [0.15, 0.2) is 0 Å². The van der Waals surface area contributed by atoms with Crippen LogP contribution in [0.2, 0.25) is 19.6 Å². The van der Waals surface area contributed by atoms with Crippen LogP contribution in [0.4, 0.5) is 0 Å². The van der Waals surface area contributed by atoms with Crippen LogP contribution in [-0.4, -0.2) is 13.1 Å². The van der Waals surface area contributed by atoms with Crippen LogP contribution >= 0.6 is 0 Å². The van der Waals surface area contributed by atoms with E-state index in [-0.39, 0.29) is 0 Å². The number of benzene rings is 3. The maximum absolute atomic E-state index is 5.11. The van der Waals surface area contributed by atoms with Gasteiger partial charge in [-0.25, -0.2) is 4.98 Å². The minimum absolute atomic E-state index is 1.09. The molecule has 1 heterocycles. The van der Waals surface area contributed by atoms with Crippen LogP contribution in [0.5, 0.6) is 0 Å². The van der Waals surface area contributed by atoms with Crippen molar-refractivity contribution in [1.29, 1.82) is 0 Å². The molecule has 0 fully saturated rings. The number of fused-ring (bicyclic) bond motifs is 1. The first-order valence-corrected chi connectivity index (χ1v) is 13.4. The molecule has 1 aromatic heterocycles. The second-order valence-corrected chi connectivity index (χ2v) is 13.8. The van der Waals surface area contributed by atoms with E-state index < -0.39 is 8.07 Å². The van der Waals surface area contributed by atoms with Crippen LogP contribution in [0.3, 0.4) is 0 Å². The first kappa shape index (κ1) is 18.6. The van der Waals surface area contributed by atoms with E-state index in [0.29, 0.717) is 0 Å². The van der Waals surface area contributed by atoms with Crippen molar-refractivity contribution in [2.45, 2.75) is 33.5 Å². The van der Waals surface area contributed by atoms with Gasteiger partial charge in [-0.15, -0.1) is 0 Å². The monoisotopic (exact) mass is 381 g/mol. The quantitative estimate of drug-likeness (QED) is 0.358. The predicted molar refractivity (Wildman–Crippen MR) is 125 cm³/mol. The molecule has 0 atom stereocenters. The van der Waals surface area contributed by atoms with Crippen LogP contribution < -0.4 is 5.19 Å². The van der Waals surface area contributed by atoms with Gasteiger partial charge in [0.05, 0.1) is 19.3 Å². The van der Waals surface area contributed by atoms with Crippen LogP contribution in [0.1, 0.15) is 11.1 Å². The van der Waals surface area contributed by atoms with Gasteiger partial charge in [0.1, 0.15) is 0 Å². The van der Waals surface area contributed by atoms with Crippen molar-refractivity contribution in [2.24, 2.45) is 0 Å². The number of rotatable bonds is 3. The zero-order chi connectivity index (χ0) is 19.9. The molecule has 0 N–H and O–H groups in total. The molecule has 0 aliphatic heterocycles. The molecule has 4 aromatic rings. The lowest BCUT2D eigenvalue weighted by Gasteiger charge is -2.22. The predicted octanol–water partition coefficient (Wildman–Crippen LogP) is 6.73. The van der Waals surface area contributed by atoms with Crippen LogP contribution in [-0.2, 0) is 0 Å². The summed E-state index contributed by atoms with van der Waals surface area (Å²) in [6.07, 6.45) is 0.